The van der Waals surface area contributed by atoms with Crippen LogP contribution in [0.4, 0.5) is 0 Å². The predicted octanol–water partition coefficient (Wildman–Crippen LogP) is 6.01. The number of rotatable bonds is 16. The molecule has 4 rings (SSSR count). The van der Waals surface area contributed by atoms with Gasteiger partial charge in [-0.1, -0.05) is 87.4 Å². The van der Waals surface area contributed by atoms with Gasteiger partial charge in [-0.3, -0.25) is 23.9 Å². The van der Waals surface area contributed by atoms with Crippen LogP contribution in [0.2, 0.25) is 0 Å². The number of nitrogens with one attached hydrogen (secondary N) is 1. The molecule has 0 aromatic heterocycles. The van der Waals surface area contributed by atoms with Crippen LogP contribution >= 0.6 is 7.75 Å². The molecule has 55 heavy (non-hydrogen) atoms. The molecule has 1 aromatic carbocycles. The second-order valence-corrected chi connectivity index (χ2v) is 18.7. The number of benzene rings is 1. The highest BCUT2D eigenvalue weighted by molar-refractivity contribution is 7.52. The van der Waals surface area contributed by atoms with E-state index in [2.05, 4.69) is 36.0 Å². The fourth-order valence-electron chi connectivity index (χ4n) is 6.07. The summed E-state index contributed by atoms with van der Waals surface area (Å²) in [7, 11) is -4.43. The van der Waals surface area contributed by atoms with Crippen molar-refractivity contribution in [2.45, 2.75) is 137 Å². The van der Waals surface area contributed by atoms with Crippen LogP contribution in [-0.4, -0.2) is 84.3 Å². The Bertz CT molecular complexity index is 1700. The van der Waals surface area contributed by atoms with Crippen LogP contribution < -0.4 is 15.3 Å². The van der Waals surface area contributed by atoms with Crippen LogP contribution in [0.25, 0.3) is 0 Å². The Morgan fingerprint density at radius 1 is 1.02 bits per heavy atom. The van der Waals surface area contributed by atoms with Gasteiger partial charge in [-0.15, -0.1) is 0 Å². The van der Waals surface area contributed by atoms with E-state index in [-0.39, 0.29) is 29.0 Å². The second kappa shape index (κ2) is 17.2. The van der Waals surface area contributed by atoms with Crippen molar-refractivity contribution in [2.24, 2.45) is 33.1 Å². The molecule has 306 valence electrons. The van der Waals surface area contributed by atoms with Crippen molar-refractivity contribution in [3.05, 3.63) is 41.6 Å². The smallest absolute Gasteiger partial charge is 0.459 e. The lowest BCUT2D eigenvalue weighted by molar-refractivity contribution is -0.177. The first kappa shape index (κ1) is 43.9. The van der Waals surface area contributed by atoms with Gasteiger partial charge in [0.05, 0.1) is 36.8 Å². The Morgan fingerprint density at radius 2 is 1.64 bits per heavy atom. The second-order valence-electron chi connectivity index (χ2n) is 17.0. The highest BCUT2D eigenvalue weighted by atomic mass is 31.2. The summed E-state index contributed by atoms with van der Waals surface area (Å²) in [5.74, 6) is -2.38. The fraction of sp³-hybridized carbons (Fsp3) is 0.667. The lowest BCUT2D eigenvalue weighted by Crippen LogP contribution is -2.57. The standard InChI is InChI=1S/C39H60N5O10P/c1-13-38(10,11)21-49-36(47)25(6)43-55(48,54-27-16-14-26(15-17-27)37(7,8)9)50-20-29-31(51-34(45)23(2)3)32(52-35(46)24(4)5)39(12,53-29)30-19-18-28-33(40)41-22-42-44(28)30/h14-18,22-25,29-32H,13,19-21H2,1-12H3,(H,43,48)(H2,40,41,42)/t25-,29+,30?,31+,32+,39-,55?/m0/s1. The number of hydrazone groups is 1. The highest BCUT2D eigenvalue weighted by Crippen LogP contribution is 2.49. The summed E-state index contributed by atoms with van der Waals surface area (Å²) >= 11 is 0. The van der Waals surface area contributed by atoms with E-state index >= 15 is 0 Å². The zero-order chi connectivity index (χ0) is 41.1. The van der Waals surface area contributed by atoms with Crippen molar-refractivity contribution in [2.75, 3.05) is 13.2 Å². The van der Waals surface area contributed by atoms with Crippen LogP contribution in [0.3, 0.4) is 0 Å². The molecule has 3 aliphatic rings. The number of aliphatic imine (C=N–C) groups is 1. The van der Waals surface area contributed by atoms with Gasteiger partial charge in [0.1, 0.15) is 29.8 Å². The number of hydrogen-bond donors (Lipinski definition) is 2. The number of esters is 3. The van der Waals surface area contributed by atoms with E-state index in [4.69, 9.17) is 33.7 Å². The van der Waals surface area contributed by atoms with Gasteiger partial charge in [0.25, 0.3) is 0 Å². The Morgan fingerprint density at radius 3 is 2.22 bits per heavy atom. The van der Waals surface area contributed by atoms with Crippen molar-refractivity contribution in [1.29, 1.82) is 0 Å². The molecule has 3 N–H and O–H groups in total. The third-order valence-electron chi connectivity index (χ3n) is 10.1. The largest absolute Gasteiger partial charge is 0.464 e. The molecule has 0 spiro atoms. The molecule has 0 amide bonds. The van der Waals surface area contributed by atoms with Gasteiger partial charge >= 0.3 is 25.7 Å². The number of nitrogens with two attached hydrogens (primary N) is 1. The molecule has 2 unspecified atom stereocenters. The number of hydrogen-bond acceptors (Lipinski definition) is 14. The number of carbonyl (C=O) groups excluding carboxylic acids is 3. The summed E-state index contributed by atoms with van der Waals surface area (Å²) in [5.41, 5.74) is 5.96. The van der Waals surface area contributed by atoms with Crippen LogP contribution in [0.5, 0.6) is 5.75 Å². The normalized spacial score (nSPS) is 25.5. The quantitative estimate of drug-likeness (QED) is 0.113. The average molecular weight is 790 g/mol. The van der Waals surface area contributed by atoms with Crippen molar-refractivity contribution in [1.82, 2.24) is 10.1 Å². The first-order valence-electron chi connectivity index (χ1n) is 18.9. The van der Waals surface area contributed by atoms with E-state index in [0.29, 0.717) is 12.1 Å². The maximum atomic E-state index is 14.7. The molecular formula is C39H60N5O10P. The van der Waals surface area contributed by atoms with Crippen LogP contribution in [0, 0.1) is 17.3 Å². The minimum atomic E-state index is -4.43. The minimum Gasteiger partial charge on any atom is -0.464 e. The van der Waals surface area contributed by atoms with Gasteiger partial charge < -0.3 is 29.2 Å². The Kier molecular flexibility index (Phi) is 13.7. The summed E-state index contributed by atoms with van der Waals surface area (Å²) in [6, 6.07) is 5.34. The highest BCUT2D eigenvalue weighted by Gasteiger charge is 2.63. The predicted molar refractivity (Wildman–Crippen MR) is 208 cm³/mol. The fourth-order valence-corrected chi connectivity index (χ4v) is 7.57. The molecule has 0 aliphatic carbocycles. The number of ether oxygens (including phenoxy) is 4. The van der Waals surface area contributed by atoms with E-state index in [1.54, 1.807) is 51.8 Å². The lowest BCUT2D eigenvalue weighted by atomic mass is 9.87. The molecule has 3 heterocycles. The Labute approximate surface area is 325 Å². The summed E-state index contributed by atoms with van der Waals surface area (Å²) < 4.78 is 51.4. The van der Waals surface area contributed by atoms with E-state index in [1.165, 1.54) is 13.3 Å². The summed E-state index contributed by atoms with van der Waals surface area (Å²) in [6.07, 6.45) is 0.792. The molecule has 3 aliphatic heterocycles. The molecule has 1 aromatic rings. The Balaban J connectivity index is 1.70. The molecule has 16 heteroatoms. The number of amidine groups is 1. The SMILES string of the molecule is CCC(C)(C)COC(=O)[C@H](C)NP(=O)(OC[C@H]1O[C@@](C)(C2CC=C3C(N)=NC=NN32)[C@H](OC(=O)C(C)C)[C@@H]1OC(=O)C(C)C)Oc1ccc(C(C)(C)C)cc1. The van der Waals surface area contributed by atoms with Gasteiger partial charge in [0.2, 0.25) is 0 Å². The zero-order valence-corrected chi connectivity index (χ0v) is 35.2. The van der Waals surface area contributed by atoms with Gasteiger partial charge in [-0.25, -0.2) is 9.56 Å². The van der Waals surface area contributed by atoms with Crippen LogP contribution in [-0.2, 0) is 47.8 Å². The number of nitrogens with zero attached hydrogens (tertiary/aromatic N) is 3. The first-order valence-corrected chi connectivity index (χ1v) is 20.5. The molecule has 0 saturated carbocycles. The summed E-state index contributed by atoms with van der Waals surface area (Å²) in [5, 5.41) is 8.82. The molecular weight excluding hydrogens is 729 g/mol. The van der Waals surface area contributed by atoms with Crippen molar-refractivity contribution >= 4 is 37.8 Å². The Hall–Kier alpha value is -3.78. The summed E-state index contributed by atoms with van der Waals surface area (Å²) in [4.78, 5) is 43.8. The van der Waals surface area contributed by atoms with E-state index in [1.807, 2.05) is 39.0 Å². The van der Waals surface area contributed by atoms with E-state index in [9.17, 15) is 18.9 Å². The zero-order valence-electron chi connectivity index (χ0n) is 34.3. The third kappa shape index (κ3) is 10.5. The van der Waals surface area contributed by atoms with Crippen LogP contribution in [0.15, 0.2) is 46.1 Å². The molecule has 0 bridgehead atoms. The van der Waals surface area contributed by atoms with Gasteiger partial charge in [-0.05, 0) is 55.2 Å². The van der Waals surface area contributed by atoms with E-state index in [0.717, 1.165) is 12.0 Å². The van der Waals surface area contributed by atoms with Crippen molar-refractivity contribution in [3.8, 4) is 5.75 Å². The van der Waals surface area contributed by atoms with Gasteiger partial charge in [-0.2, -0.15) is 10.2 Å². The maximum Gasteiger partial charge on any atom is 0.459 e. The molecule has 1 saturated heterocycles. The van der Waals surface area contributed by atoms with E-state index < -0.39 is 80.1 Å². The van der Waals surface area contributed by atoms with Crippen molar-refractivity contribution < 1.29 is 46.9 Å². The third-order valence-corrected chi connectivity index (χ3v) is 11.7. The molecule has 15 nitrogen and oxygen atoms in total. The van der Waals surface area contributed by atoms with Crippen LogP contribution in [0.1, 0.15) is 101 Å². The maximum absolute atomic E-state index is 14.7. The molecule has 1 fully saturated rings. The average Bonchev–Trinajstić information content (AvgIpc) is 3.66. The number of carbonyl (C=O) groups is 3. The molecule has 0 radical (unpaired) electrons. The van der Waals surface area contributed by atoms with Crippen molar-refractivity contribution in [3.63, 3.8) is 0 Å². The lowest BCUT2D eigenvalue weighted by Gasteiger charge is -2.40. The van der Waals surface area contributed by atoms with Gasteiger partial charge in [0, 0.05) is 0 Å². The topological polar surface area (TPSA) is 190 Å². The van der Waals surface area contributed by atoms with Gasteiger partial charge in [0.15, 0.2) is 18.0 Å². The minimum absolute atomic E-state index is 0.152. The monoisotopic (exact) mass is 789 g/mol. The number of fused-ring (bicyclic) bond motifs is 1. The molecule has 7 atom stereocenters. The first-order chi connectivity index (χ1) is 25.5. The summed E-state index contributed by atoms with van der Waals surface area (Å²) in [6.45, 7) is 21.8.